The molecule has 2 rings (SSSR count). The first kappa shape index (κ1) is 16.1. The van der Waals surface area contributed by atoms with Crippen LogP contribution in [-0.2, 0) is 23.8 Å². The number of methoxy groups -OCH3 is 1. The predicted octanol–water partition coefficient (Wildman–Crippen LogP) is 1.29. The molecule has 0 aromatic heterocycles. The summed E-state index contributed by atoms with van der Waals surface area (Å²) in [5.74, 6) is 0.229. The van der Waals surface area contributed by atoms with Crippen molar-refractivity contribution in [2.75, 3.05) is 13.7 Å². The molecule has 0 amide bonds. The van der Waals surface area contributed by atoms with E-state index in [1.165, 1.54) is 13.8 Å². The average Bonchev–Trinajstić information content (AvgIpc) is 2.81. The van der Waals surface area contributed by atoms with Crippen molar-refractivity contribution in [3.05, 3.63) is 24.3 Å². The Hall–Kier alpha value is -2.28. The predicted molar refractivity (Wildman–Crippen MR) is 74.5 cm³/mol. The molecule has 0 spiro atoms. The molecule has 1 heterocycles. The van der Waals surface area contributed by atoms with E-state index in [1.807, 2.05) is 0 Å². The smallest absolute Gasteiger partial charge is 0.303 e. The van der Waals surface area contributed by atoms with Gasteiger partial charge in [-0.3, -0.25) is 9.59 Å². The van der Waals surface area contributed by atoms with E-state index in [0.717, 1.165) is 0 Å². The molecule has 3 atom stereocenters. The molecule has 1 aliphatic rings. The molecule has 0 bridgehead atoms. The molecule has 7 nitrogen and oxygen atoms in total. The fourth-order valence-corrected chi connectivity index (χ4v) is 2.08. The summed E-state index contributed by atoms with van der Waals surface area (Å²) in [6.45, 7) is 2.65. The van der Waals surface area contributed by atoms with E-state index in [-0.39, 0.29) is 6.61 Å². The van der Waals surface area contributed by atoms with Gasteiger partial charge in [0.1, 0.15) is 11.5 Å². The van der Waals surface area contributed by atoms with Gasteiger partial charge in [0.25, 0.3) is 0 Å². The third-order valence-corrected chi connectivity index (χ3v) is 2.99. The van der Waals surface area contributed by atoms with Crippen molar-refractivity contribution >= 4 is 11.9 Å². The van der Waals surface area contributed by atoms with Crippen LogP contribution in [0.15, 0.2) is 24.3 Å². The van der Waals surface area contributed by atoms with E-state index in [4.69, 9.17) is 23.7 Å². The van der Waals surface area contributed by atoms with Crippen molar-refractivity contribution in [1.82, 2.24) is 0 Å². The van der Waals surface area contributed by atoms with Crippen LogP contribution in [-0.4, -0.2) is 44.2 Å². The standard InChI is InChI=1S/C15H18O7/c1-9(16)20-13-8-19-15(14(13)21-10(2)17)22-12-6-4-11(18-3)5-7-12/h4-7,13-15H,8H2,1-3H3/t13-,14-,15+/m1/s1. The first-order valence-electron chi connectivity index (χ1n) is 6.76. The summed E-state index contributed by atoms with van der Waals surface area (Å²) in [6, 6.07) is 6.86. The maximum Gasteiger partial charge on any atom is 0.303 e. The van der Waals surface area contributed by atoms with E-state index in [0.29, 0.717) is 11.5 Å². The molecule has 0 saturated carbocycles. The zero-order valence-electron chi connectivity index (χ0n) is 12.6. The van der Waals surface area contributed by atoms with Crippen LogP contribution in [0, 0.1) is 0 Å². The van der Waals surface area contributed by atoms with Gasteiger partial charge in [0.2, 0.25) is 12.4 Å². The highest BCUT2D eigenvalue weighted by Gasteiger charge is 2.43. The number of hydrogen-bond acceptors (Lipinski definition) is 7. The second kappa shape index (κ2) is 7.13. The van der Waals surface area contributed by atoms with Crippen LogP contribution in [0.3, 0.4) is 0 Å². The molecule has 1 aromatic rings. The minimum absolute atomic E-state index is 0.0956. The quantitative estimate of drug-likeness (QED) is 0.758. The Morgan fingerprint density at radius 2 is 1.64 bits per heavy atom. The SMILES string of the molecule is COc1ccc(O[C@@H]2OC[C@@H](OC(C)=O)[C@H]2OC(C)=O)cc1. The first-order chi connectivity index (χ1) is 10.5. The van der Waals surface area contributed by atoms with Crippen LogP contribution < -0.4 is 9.47 Å². The summed E-state index contributed by atoms with van der Waals surface area (Å²) < 4.78 is 26.4. The lowest BCUT2D eigenvalue weighted by Gasteiger charge is -2.22. The van der Waals surface area contributed by atoms with Gasteiger partial charge in [-0.2, -0.15) is 0 Å². The molecule has 1 fully saturated rings. The van der Waals surface area contributed by atoms with Crippen LogP contribution in [0.4, 0.5) is 0 Å². The molecule has 120 valence electrons. The van der Waals surface area contributed by atoms with Crippen molar-refractivity contribution in [3.63, 3.8) is 0 Å². The Balaban J connectivity index is 2.06. The summed E-state index contributed by atoms with van der Waals surface area (Å²) in [4.78, 5) is 22.3. The zero-order valence-corrected chi connectivity index (χ0v) is 12.6. The van der Waals surface area contributed by atoms with E-state index in [9.17, 15) is 9.59 Å². The number of carbonyl (C=O) groups excluding carboxylic acids is 2. The lowest BCUT2D eigenvalue weighted by atomic mass is 10.2. The Labute approximate surface area is 128 Å². The summed E-state index contributed by atoms with van der Waals surface area (Å²) >= 11 is 0. The Morgan fingerprint density at radius 1 is 1.05 bits per heavy atom. The van der Waals surface area contributed by atoms with Gasteiger partial charge in [-0.25, -0.2) is 0 Å². The normalized spacial score (nSPS) is 23.7. The van der Waals surface area contributed by atoms with Gasteiger partial charge in [0, 0.05) is 13.8 Å². The van der Waals surface area contributed by atoms with E-state index in [1.54, 1.807) is 31.4 Å². The topological polar surface area (TPSA) is 80.3 Å². The minimum Gasteiger partial charge on any atom is -0.497 e. The van der Waals surface area contributed by atoms with Gasteiger partial charge >= 0.3 is 11.9 Å². The number of hydrogen-bond donors (Lipinski definition) is 0. The molecule has 1 aliphatic heterocycles. The highest BCUT2D eigenvalue weighted by molar-refractivity contribution is 5.67. The van der Waals surface area contributed by atoms with Crippen molar-refractivity contribution in [2.24, 2.45) is 0 Å². The fraction of sp³-hybridized carbons (Fsp3) is 0.467. The number of esters is 2. The second-order valence-corrected chi connectivity index (χ2v) is 4.72. The number of carbonyl (C=O) groups is 2. The van der Waals surface area contributed by atoms with Gasteiger partial charge in [0.05, 0.1) is 13.7 Å². The molecule has 0 radical (unpaired) electrons. The van der Waals surface area contributed by atoms with E-state index >= 15 is 0 Å². The molecule has 0 aliphatic carbocycles. The number of ether oxygens (including phenoxy) is 5. The summed E-state index contributed by atoms with van der Waals surface area (Å²) in [7, 11) is 1.57. The van der Waals surface area contributed by atoms with Gasteiger partial charge < -0.3 is 23.7 Å². The van der Waals surface area contributed by atoms with Gasteiger partial charge in [0.15, 0.2) is 6.10 Å². The minimum atomic E-state index is -0.846. The lowest BCUT2D eigenvalue weighted by molar-refractivity contribution is -0.170. The molecule has 7 heteroatoms. The molecule has 22 heavy (non-hydrogen) atoms. The first-order valence-corrected chi connectivity index (χ1v) is 6.76. The monoisotopic (exact) mass is 310 g/mol. The summed E-state index contributed by atoms with van der Waals surface area (Å²) in [6.07, 6.45) is -2.35. The van der Waals surface area contributed by atoms with Crippen LogP contribution in [0.5, 0.6) is 11.5 Å². The van der Waals surface area contributed by atoms with Crippen molar-refractivity contribution in [3.8, 4) is 11.5 Å². The van der Waals surface area contributed by atoms with Crippen molar-refractivity contribution in [1.29, 1.82) is 0 Å². The summed E-state index contributed by atoms with van der Waals surface area (Å²) in [5.41, 5.74) is 0. The zero-order chi connectivity index (χ0) is 16.1. The number of benzene rings is 1. The Morgan fingerprint density at radius 3 is 2.18 bits per heavy atom. The van der Waals surface area contributed by atoms with Gasteiger partial charge in [-0.15, -0.1) is 0 Å². The average molecular weight is 310 g/mol. The van der Waals surface area contributed by atoms with Crippen LogP contribution in [0.2, 0.25) is 0 Å². The van der Waals surface area contributed by atoms with Crippen LogP contribution in [0.1, 0.15) is 13.8 Å². The summed E-state index contributed by atoms with van der Waals surface area (Å²) in [5, 5.41) is 0. The molecular formula is C15H18O7. The van der Waals surface area contributed by atoms with E-state index in [2.05, 4.69) is 0 Å². The molecule has 1 aromatic carbocycles. The van der Waals surface area contributed by atoms with Crippen LogP contribution >= 0.6 is 0 Å². The lowest BCUT2D eigenvalue weighted by Crippen LogP contribution is -2.39. The molecule has 0 unspecified atom stereocenters. The molecular weight excluding hydrogens is 292 g/mol. The van der Waals surface area contributed by atoms with Gasteiger partial charge in [-0.1, -0.05) is 0 Å². The van der Waals surface area contributed by atoms with Gasteiger partial charge in [-0.05, 0) is 24.3 Å². The fourth-order valence-electron chi connectivity index (χ4n) is 2.08. The van der Waals surface area contributed by atoms with Crippen molar-refractivity contribution in [2.45, 2.75) is 32.3 Å². The Bertz CT molecular complexity index is 525. The molecule has 1 saturated heterocycles. The highest BCUT2D eigenvalue weighted by atomic mass is 16.7. The van der Waals surface area contributed by atoms with Crippen LogP contribution in [0.25, 0.3) is 0 Å². The molecule has 0 N–H and O–H groups in total. The highest BCUT2D eigenvalue weighted by Crippen LogP contribution is 2.26. The largest absolute Gasteiger partial charge is 0.497 e. The maximum absolute atomic E-state index is 11.2. The van der Waals surface area contributed by atoms with E-state index < -0.39 is 30.4 Å². The van der Waals surface area contributed by atoms with Crippen molar-refractivity contribution < 1.29 is 33.3 Å². The second-order valence-electron chi connectivity index (χ2n) is 4.72. The third kappa shape index (κ3) is 4.11. The number of rotatable bonds is 5. The third-order valence-electron chi connectivity index (χ3n) is 2.99. The maximum atomic E-state index is 11.2. The Kier molecular flexibility index (Phi) is 5.21.